The zero-order valence-corrected chi connectivity index (χ0v) is 41.5. The number of allylic oxidation sites excluding steroid dienone is 6. The Morgan fingerprint density at radius 3 is 1.42 bits per heavy atom. The van der Waals surface area contributed by atoms with Crippen LogP contribution in [0.25, 0.3) is 0 Å². The van der Waals surface area contributed by atoms with Crippen molar-refractivity contribution < 1.29 is 50.0 Å². The average Bonchev–Trinajstić information content (AvgIpc) is 3.31. The molecule has 11 nitrogen and oxygen atoms in total. The van der Waals surface area contributed by atoms with Crippen molar-refractivity contribution in [1.29, 1.82) is 0 Å². The number of carbonyl (C=O) groups is 1. The molecule has 11 heteroatoms. The van der Waals surface area contributed by atoms with Crippen LogP contribution in [0.1, 0.15) is 232 Å². The molecular weight excluding hydrogens is 823 g/mol. The van der Waals surface area contributed by atoms with Crippen molar-refractivity contribution in [3.63, 3.8) is 0 Å². The minimum Gasteiger partial charge on any atom is -0.394 e. The summed E-state index contributed by atoms with van der Waals surface area (Å²) in [4.78, 5) is 13.1. The molecule has 1 saturated heterocycles. The number of unbranched alkanes of at least 4 members (excludes halogenated alkanes) is 27. The van der Waals surface area contributed by atoms with Crippen molar-refractivity contribution in [2.24, 2.45) is 0 Å². The Balaban J connectivity index is 2.30. The molecule has 1 amide bonds. The normalized spacial score (nSPS) is 21.2. The SMILES string of the molecule is CCCC/C=C\CCCCCCC(O)C(=O)NC(COC1OC(CO)C(O)C(O)C1O)C(O)C(O)CCC/C=C/CC/C=C/CCCCCCCCCCCCCCCCCCCCC. The summed E-state index contributed by atoms with van der Waals surface area (Å²) in [6, 6.07) is -1.19. The number of amides is 1. The Labute approximate surface area is 397 Å². The first-order chi connectivity index (χ1) is 31.7. The Hall–Kier alpha value is -1.67. The number of hydrogen-bond donors (Lipinski definition) is 8. The molecule has 1 aliphatic heterocycles. The van der Waals surface area contributed by atoms with Crippen LogP contribution in [-0.2, 0) is 14.3 Å². The summed E-state index contributed by atoms with van der Waals surface area (Å²) in [6.07, 6.45) is 40.9. The molecule has 65 heavy (non-hydrogen) atoms. The molecule has 0 aromatic heterocycles. The smallest absolute Gasteiger partial charge is 0.249 e. The van der Waals surface area contributed by atoms with Crippen molar-refractivity contribution in [2.75, 3.05) is 13.2 Å². The van der Waals surface area contributed by atoms with Gasteiger partial charge in [-0.15, -0.1) is 0 Å². The van der Waals surface area contributed by atoms with Gasteiger partial charge in [0, 0.05) is 0 Å². The van der Waals surface area contributed by atoms with E-state index in [1.54, 1.807) is 0 Å². The fourth-order valence-electron chi connectivity index (χ4n) is 8.44. The average molecular weight is 924 g/mol. The monoisotopic (exact) mass is 924 g/mol. The highest BCUT2D eigenvalue weighted by Crippen LogP contribution is 2.23. The van der Waals surface area contributed by atoms with Gasteiger partial charge in [-0.3, -0.25) is 4.79 Å². The molecule has 0 aliphatic carbocycles. The lowest BCUT2D eigenvalue weighted by molar-refractivity contribution is -0.303. The summed E-state index contributed by atoms with van der Waals surface area (Å²) in [5.41, 5.74) is 0. The fraction of sp³-hybridized carbons (Fsp3) is 0.870. The lowest BCUT2D eigenvalue weighted by atomic mass is 9.98. The molecular formula is C54H101NO10. The van der Waals surface area contributed by atoms with Gasteiger partial charge in [-0.2, -0.15) is 0 Å². The van der Waals surface area contributed by atoms with Gasteiger partial charge in [0.2, 0.25) is 5.91 Å². The van der Waals surface area contributed by atoms with Gasteiger partial charge in [-0.05, 0) is 70.6 Å². The highest BCUT2D eigenvalue weighted by Gasteiger charge is 2.44. The Bertz CT molecular complexity index is 1150. The lowest BCUT2D eigenvalue weighted by Crippen LogP contribution is -2.60. The number of hydrogen-bond acceptors (Lipinski definition) is 10. The maximum absolute atomic E-state index is 13.1. The number of aliphatic hydroxyl groups is 7. The zero-order chi connectivity index (χ0) is 47.6. The molecule has 9 atom stereocenters. The molecule has 8 N–H and O–H groups in total. The van der Waals surface area contributed by atoms with Crippen LogP contribution in [0.3, 0.4) is 0 Å². The second-order valence-corrected chi connectivity index (χ2v) is 18.9. The molecule has 0 aromatic rings. The van der Waals surface area contributed by atoms with Crippen molar-refractivity contribution in [3.8, 4) is 0 Å². The van der Waals surface area contributed by atoms with Crippen LogP contribution >= 0.6 is 0 Å². The van der Waals surface area contributed by atoms with Crippen LogP contribution in [-0.4, -0.2) is 110 Å². The van der Waals surface area contributed by atoms with Crippen molar-refractivity contribution in [2.45, 2.75) is 287 Å². The second kappa shape index (κ2) is 43.6. The quantitative estimate of drug-likeness (QED) is 0.0216. The number of carbonyl (C=O) groups excluding carboxylic acids is 1. The van der Waals surface area contributed by atoms with E-state index in [0.29, 0.717) is 19.3 Å². The molecule has 9 unspecified atom stereocenters. The van der Waals surface area contributed by atoms with E-state index in [-0.39, 0.29) is 12.8 Å². The van der Waals surface area contributed by atoms with Gasteiger partial charge in [0.05, 0.1) is 25.4 Å². The fourth-order valence-corrected chi connectivity index (χ4v) is 8.44. The molecule has 0 aromatic carbocycles. The predicted molar refractivity (Wildman–Crippen MR) is 265 cm³/mol. The maximum Gasteiger partial charge on any atom is 0.249 e. The molecule has 382 valence electrons. The van der Waals surface area contributed by atoms with Crippen LogP contribution in [0.5, 0.6) is 0 Å². The van der Waals surface area contributed by atoms with Crippen molar-refractivity contribution in [3.05, 3.63) is 36.5 Å². The van der Waals surface area contributed by atoms with E-state index in [9.17, 15) is 40.5 Å². The molecule has 1 aliphatic rings. The molecule has 0 saturated carbocycles. The molecule has 0 spiro atoms. The number of ether oxygens (including phenoxy) is 2. The number of rotatable bonds is 45. The van der Waals surface area contributed by atoms with Crippen LogP contribution in [0.15, 0.2) is 36.5 Å². The van der Waals surface area contributed by atoms with Crippen LogP contribution in [0.2, 0.25) is 0 Å². The van der Waals surface area contributed by atoms with Gasteiger partial charge < -0.3 is 50.5 Å². The van der Waals surface area contributed by atoms with Crippen LogP contribution in [0, 0.1) is 0 Å². The van der Waals surface area contributed by atoms with Gasteiger partial charge in [-0.1, -0.05) is 198 Å². The summed E-state index contributed by atoms with van der Waals surface area (Å²) in [5.74, 6) is -0.722. The van der Waals surface area contributed by atoms with E-state index < -0.39 is 74.2 Å². The summed E-state index contributed by atoms with van der Waals surface area (Å²) >= 11 is 0. The van der Waals surface area contributed by atoms with E-state index in [1.807, 2.05) is 0 Å². The Morgan fingerprint density at radius 1 is 0.523 bits per heavy atom. The van der Waals surface area contributed by atoms with Gasteiger partial charge in [0.15, 0.2) is 6.29 Å². The standard InChI is InChI=1S/C54H101NO10/c1-3-5-7-9-11-13-15-16-17-18-19-20-21-22-23-24-25-26-27-28-29-30-31-32-34-35-37-39-41-46(57)49(59)45(44-64-54-52(62)51(61)50(60)48(43-56)65-54)55-53(63)47(58)42-40-38-36-33-14-12-10-8-6-4-2/h10,12,29-30,34-35,45-52,54,56-62H,3-9,11,13-28,31-33,36-44H2,1-2H3,(H,55,63)/b12-10-,30-29+,35-34+. The summed E-state index contributed by atoms with van der Waals surface area (Å²) in [6.45, 7) is 3.37. The number of aliphatic hydroxyl groups excluding tert-OH is 7. The van der Waals surface area contributed by atoms with E-state index in [2.05, 4.69) is 55.6 Å². The zero-order valence-electron chi connectivity index (χ0n) is 41.5. The molecule has 1 fully saturated rings. The van der Waals surface area contributed by atoms with E-state index in [0.717, 1.165) is 51.4 Å². The minimum absolute atomic E-state index is 0.235. The Morgan fingerprint density at radius 2 is 0.938 bits per heavy atom. The van der Waals surface area contributed by atoms with Gasteiger partial charge in [0.25, 0.3) is 0 Å². The first kappa shape index (κ1) is 61.3. The summed E-state index contributed by atoms with van der Waals surface area (Å²) in [7, 11) is 0. The maximum atomic E-state index is 13.1. The molecule has 1 heterocycles. The lowest BCUT2D eigenvalue weighted by Gasteiger charge is -2.40. The third-order valence-electron chi connectivity index (χ3n) is 12.9. The minimum atomic E-state index is -1.67. The Kier molecular flexibility index (Phi) is 41.1. The van der Waals surface area contributed by atoms with Crippen molar-refractivity contribution >= 4 is 5.91 Å². The van der Waals surface area contributed by atoms with E-state index >= 15 is 0 Å². The topological polar surface area (TPSA) is 189 Å². The first-order valence-electron chi connectivity index (χ1n) is 26.9. The molecule has 1 rings (SSSR count). The van der Waals surface area contributed by atoms with Crippen LogP contribution in [0.4, 0.5) is 0 Å². The van der Waals surface area contributed by atoms with Gasteiger partial charge in [-0.25, -0.2) is 0 Å². The third kappa shape index (κ3) is 32.7. The van der Waals surface area contributed by atoms with Gasteiger partial charge >= 0.3 is 0 Å². The van der Waals surface area contributed by atoms with Crippen LogP contribution < -0.4 is 5.32 Å². The van der Waals surface area contributed by atoms with Crippen molar-refractivity contribution in [1.82, 2.24) is 5.32 Å². The molecule has 0 radical (unpaired) electrons. The van der Waals surface area contributed by atoms with Gasteiger partial charge in [0.1, 0.15) is 36.6 Å². The largest absolute Gasteiger partial charge is 0.394 e. The highest BCUT2D eigenvalue weighted by molar-refractivity contribution is 5.80. The summed E-state index contributed by atoms with van der Waals surface area (Å²) < 4.78 is 11.1. The van der Waals surface area contributed by atoms with E-state index in [1.165, 1.54) is 135 Å². The highest BCUT2D eigenvalue weighted by atomic mass is 16.7. The number of nitrogens with one attached hydrogen (secondary N) is 1. The first-order valence-corrected chi connectivity index (χ1v) is 26.9. The van der Waals surface area contributed by atoms with E-state index in [4.69, 9.17) is 9.47 Å². The second-order valence-electron chi connectivity index (χ2n) is 18.9. The molecule has 0 bridgehead atoms. The summed E-state index contributed by atoms with van der Waals surface area (Å²) in [5, 5.41) is 75.7. The predicted octanol–water partition coefficient (Wildman–Crippen LogP) is 10.3. The third-order valence-corrected chi connectivity index (χ3v) is 12.9.